The molecule has 0 aliphatic carbocycles. The van der Waals surface area contributed by atoms with Crippen LogP contribution in [-0.2, 0) is 4.74 Å². The third-order valence-electron chi connectivity index (χ3n) is 2.55. The quantitative estimate of drug-likeness (QED) is 0.846. The molecule has 2 rings (SSSR count). The molecule has 0 bridgehead atoms. The van der Waals surface area contributed by atoms with Gasteiger partial charge in [0.15, 0.2) is 0 Å². The average molecular weight is 295 g/mol. The first-order valence-corrected chi connectivity index (χ1v) is 5.99. The fraction of sp³-hybridized carbons (Fsp3) is 0.154. The van der Waals surface area contributed by atoms with Crippen LogP contribution in [0.15, 0.2) is 24.4 Å². The number of nitrogens with zero attached hydrogens (tertiary/aromatic N) is 1. The number of halogens is 2. The molecular formula is C13H11F2N3O3. The summed E-state index contributed by atoms with van der Waals surface area (Å²) in [6.07, 6.45) is 1.18. The van der Waals surface area contributed by atoms with Crippen molar-refractivity contribution in [3.05, 3.63) is 47.2 Å². The van der Waals surface area contributed by atoms with Crippen LogP contribution in [0.5, 0.6) is 0 Å². The minimum absolute atomic E-state index is 0.00715. The molecular weight excluding hydrogens is 284 g/mol. The lowest BCUT2D eigenvalue weighted by molar-refractivity contribution is 0.0527. The Morgan fingerprint density at radius 2 is 2.10 bits per heavy atom. The monoisotopic (exact) mass is 295 g/mol. The fourth-order valence-electron chi connectivity index (χ4n) is 1.60. The van der Waals surface area contributed by atoms with E-state index in [0.717, 1.165) is 12.1 Å². The third kappa shape index (κ3) is 3.22. The maximum absolute atomic E-state index is 13.5. The van der Waals surface area contributed by atoms with E-state index in [0.29, 0.717) is 6.07 Å². The van der Waals surface area contributed by atoms with Gasteiger partial charge >= 0.3 is 5.97 Å². The summed E-state index contributed by atoms with van der Waals surface area (Å²) in [5, 5.41) is 8.30. The second-order valence-electron chi connectivity index (χ2n) is 3.96. The minimum Gasteiger partial charge on any atom is -0.462 e. The van der Waals surface area contributed by atoms with Crippen LogP contribution in [0.4, 0.5) is 14.6 Å². The lowest BCUT2D eigenvalue weighted by Gasteiger charge is -2.06. The highest BCUT2D eigenvalue weighted by Crippen LogP contribution is 2.16. The Hall–Kier alpha value is -2.77. The average Bonchev–Trinajstić information content (AvgIpc) is 2.87. The van der Waals surface area contributed by atoms with Crippen molar-refractivity contribution in [2.24, 2.45) is 0 Å². The molecule has 2 N–H and O–H groups in total. The van der Waals surface area contributed by atoms with Crippen molar-refractivity contribution < 1.29 is 23.1 Å². The number of H-pyrrole nitrogens is 1. The predicted octanol–water partition coefficient (Wildman–Crippen LogP) is 2.12. The molecule has 0 saturated carbocycles. The normalized spacial score (nSPS) is 10.2. The van der Waals surface area contributed by atoms with E-state index in [4.69, 9.17) is 4.74 Å². The highest BCUT2D eigenvalue weighted by molar-refractivity contribution is 6.07. The van der Waals surface area contributed by atoms with Crippen molar-refractivity contribution in [1.82, 2.24) is 10.2 Å². The number of aromatic nitrogens is 2. The van der Waals surface area contributed by atoms with Gasteiger partial charge in [0.2, 0.25) is 0 Å². The fourth-order valence-corrected chi connectivity index (χ4v) is 1.60. The number of esters is 1. The molecule has 1 amide bonds. The molecule has 1 aromatic heterocycles. The first kappa shape index (κ1) is 14.6. The van der Waals surface area contributed by atoms with Gasteiger partial charge in [0, 0.05) is 6.07 Å². The van der Waals surface area contributed by atoms with Gasteiger partial charge in [-0.3, -0.25) is 9.89 Å². The van der Waals surface area contributed by atoms with Crippen molar-refractivity contribution in [3.8, 4) is 0 Å². The Morgan fingerprint density at radius 1 is 1.33 bits per heavy atom. The highest BCUT2D eigenvalue weighted by Gasteiger charge is 2.19. The zero-order valence-electron chi connectivity index (χ0n) is 10.9. The standard InChI is InChI=1S/C13H11F2N3O3/c1-2-21-13(20)9-6-16-18-11(9)17-12(19)8-4-3-7(14)5-10(8)15/h3-6H,2H2,1H3,(H2,16,17,18,19). The Labute approximate surface area is 118 Å². The van der Waals surface area contributed by atoms with Gasteiger partial charge < -0.3 is 10.1 Å². The van der Waals surface area contributed by atoms with Gasteiger partial charge in [-0.2, -0.15) is 5.10 Å². The number of benzene rings is 1. The predicted molar refractivity (Wildman–Crippen MR) is 68.9 cm³/mol. The Kier molecular flexibility index (Phi) is 4.27. The van der Waals surface area contributed by atoms with Crippen LogP contribution in [0.25, 0.3) is 0 Å². The van der Waals surface area contributed by atoms with E-state index in [1.165, 1.54) is 6.20 Å². The lowest BCUT2D eigenvalue weighted by atomic mass is 10.2. The number of aromatic amines is 1. The molecule has 0 spiro atoms. The number of ether oxygens (including phenoxy) is 1. The molecule has 110 valence electrons. The molecule has 1 aromatic carbocycles. The molecule has 6 nitrogen and oxygen atoms in total. The van der Waals surface area contributed by atoms with Crippen LogP contribution in [0, 0.1) is 11.6 Å². The van der Waals surface area contributed by atoms with Crippen molar-refractivity contribution in [2.75, 3.05) is 11.9 Å². The largest absolute Gasteiger partial charge is 0.462 e. The minimum atomic E-state index is -1.01. The Bertz CT molecular complexity index is 685. The lowest BCUT2D eigenvalue weighted by Crippen LogP contribution is -2.17. The van der Waals surface area contributed by atoms with Gasteiger partial charge in [-0.1, -0.05) is 0 Å². The van der Waals surface area contributed by atoms with E-state index in [2.05, 4.69) is 15.5 Å². The molecule has 0 unspecified atom stereocenters. The summed E-state index contributed by atoms with van der Waals surface area (Å²) in [4.78, 5) is 23.5. The second-order valence-corrected chi connectivity index (χ2v) is 3.96. The number of amides is 1. The van der Waals surface area contributed by atoms with Crippen molar-refractivity contribution in [1.29, 1.82) is 0 Å². The summed E-state index contributed by atoms with van der Waals surface area (Å²) in [6.45, 7) is 1.79. The first-order chi connectivity index (χ1) is 10.0. The second kappa shape index (κ2) is 6.12. The molecule has 8 heteroatoms. The van der Waals surface area contributed by atoms with E-state index >= 15 is 0 Å². The van der Waals surface area contributed by atoms with Crippen LogP contribution >= 0.6 is 0 Å². The molecule has 0 fully saturated rings. The number of carbonyl (C=O) groups is 2. The number of hydrogen-bond acceptors (Lipinski definition) is 4. The van der Waals surface area contributed by atoms with Gasteiger partial charge in [-0.25, -0.2) is 13.6 Å². The van der Waals surface area contributed by atoms with Crippen molar-refractivity contribution in [2.45, 2.75) is 6.92 Å². The highest BCUT2D eigenvalue weighted by atomic mass is 19.1. The van der Waals surface area contributed by atoms with Gasteiger partial charge in [0.1, 0.15) is 23.0 Å². The SMILES string of the molecule is CCOC(=O)c1cn[nH]c1NC(=O)c1ccc(F)cc1F. The van der Waals surface area contributed by atoms with Gasteiger partial charge in [0.25, 0.3) is 5.91 Å². The molecule has 0 saturated heterocycles. The number of anilines is 1. The summed E-state index contributed by atoms with van der Waals surface area (Å²) >= 11 is 0. The Morgan fingerprint density at radius 3 is 2.76 bits per heavy atom. The summed E-state index contributed by atoms with van der Waals surface area (Å²) in [5.74, 6) is -3.35. The van der Waals surface area contributed by atoms with Crippen LogP contribution in [0.3, 0.4) is 0 Å². The van der Waals surface area contributed by atoms with Crippen LogP contribution in [0.2, 0.25) is 0 Å². The third-order valence-corrected chi connectivity index (χ3v) is 2.55. The van der Waals surface area contributed by atoms with Crippen molar-refractivity contribution in [3.63, 3.8) is 0 Å². The number of rotatable bonds is 4. The summed E-state index contributed by atoms with van der Waals surface area (Å²) < 4.78 is 31.1. The van der Waals surface area contributed by atoms with E-state index in [-0.39, 0.29) is 23.6 Å². The molecule has 0 aliphatic heterocycles. The van der Waals surface area contributed by atoms with Crippen molar-refractivity contribution >= 4 is 17.7 Å². The molecule has 0 aliphatic rings. The molecule has 2 aromatic rings. The smallest absolute Gasteiger partial charge is 0.343 e. The summed E-state index contributed by atoms with van der Waals surface area (Å²) in [5.41, 5.74) is -0.353. The topological polar surface area (TPSA) is 84.1 Å². The van der Waals surface area contributed by atoms with Gasteiger partial charge in [-0.05, 0) is 19.1 Å². The first-order valence-electron chi connectivity index (χ1n) is 5.99. The number of carbonyl (C=O) groups excluding carboxylic acids is 2. The maximum atomic E-state index is 13.5. The van der Waals surface area contributed by atoms with E-state index in [9.17, 15) is 18.4 Å². The molecule has 0 atom stereocenters. The maximum Gasteiger partial charge on any atom is 0.343 e. The number of nitrogens with one attached hydrogen (secondary N) is 2. The molecule has 21 heavy (non-hydrogen) atoms. The molecule has 1 heterocycles. The van der Waals surface area contributed by atoms with Crippen LogP contribution in [-0.4, -0.2) is 28.7 Å². The Balaban J connectivity index is 2.20. The van der Waals surface area contributed by atoms with Gasteiger partial charge in [0.05, 0.1) is 18.4 Å². The van der Waals surface area contributed by atoms with E-state index < -0.39 is 23.5 Å². The zero-order chi connectivity index (χ0) is 15.4. The van der Waals surface area contributed by atoms with Crippen LogP contribution in [0.1, 0.15) is 27.6 Å². The number of hydrogen-bond donors (Lipinski definition) is 2. The van der Waals surface area contributed by atoms with E-state index in [1.807, 2.05) is 0 Å². The van der Waals surface area contributed by atoms with Gasteiger partial charge in [-0.15, -0.1) is 0 Å². The molecule has 0 radical (unpaired) electrons. The zero-order valence-corrected chi connectivity index (χ0v) is 10.9. The summed E-state index contributed by atoms with van der Waals surface area (Å²) in [7, 11) is 0. The van der Waals surface area contributed by atoms with E-state index in [1.54, 1.807) is 6.92 Å². The summed E-state index contributed by atoms with van der Waals surface area (Å²) in [6, 6.07) is 2.55. The van der Waals surface area contributed by atoms with Crippen LogP contribution < -0.4 is 5.32 Å².